The summed E-state index contributed by atoms with van der Waals surface area (Å²) in [5, 5.41) is 11.6. The third-order valence-corrected chi connectivity index (χ3v) is 5.28. The van der Waals surface area contributed by atoms with E-state index in [0.717, 1.165) is 5.56 Å². The van der Waals surface area contributed by atoms with Crippen LogP contribution in [0.15, 0.2) is 47.6 Å². The van der Waals surface area contributed by atoms with E-state index in [1.165, 1.54) is 16.4 Å². The Morgan fingerprint density at radius 1 is 1.10 bits per heavy atom. The van der Waals surface area contributed by atoms with Crippen molar-refractivity contribution in [2.75, 3.05) is 37.7 Å². The van der Waals surface area contributed by atoms with Gasteiger partial charge < -0.3 is 25.4 Å². The Morgan fingerprint density at radius 2 is 1.87 bits per heavy atom. The molecule has 10 heteroatoms. The summed E-state index contributed by atoms with van der Waals surface area (Å²) in [4.78, 5) is 12.4. The molecule has 31 heavy (non-hydrogen) atoms. The van der Waals surface area contributed by atoms with Gasteiger partial charge in [-0.2, -0.15) is 0 Å². The molecule has 3 aromatic rings. The average molecular weight is 444 g/mol. The number of aromatic nitrogens is 3. The number of methoxy groups -OCH3 is 2. The van der Waals surface area contributed by atoms with Crippen LogP contribution in [-0.2, 0) is 11.2 Å². The maximum Gasteiger partial charge on any atom is 0.234 e. The molecule has 0 unspecified atom stereocenters. The Morgan fingerprint density at radius 3 is 2.61 bits per heavy atom. The van der Waals surface area contributed by atoms with Crippen LogP contribution < -0.4 is 25.4 Å². The maximum absolute atomic E-state index is 12.4. The fourth-order valence-corrected chi connectivity index (χ4v) is 3.54. The predicted octanol–water partition coefficient (Wildman–Crippen LogP) is 2.73. The fraction of sp³-hybridized carbons (Fsp3) is 0.286. The second-order valence-electron chi connectivity index (χ2n) is 6.40. The van der Waals surface area contributed by atoms with Gasteiger partial charge in [0.05, 0.1) is 32.3 Å². The molecule has 0 atom stereocenters. The van der Waals surface area contributed by atoms with Crippen molar-refractivity contribution in [3.8, 4) is 17.2 Å². The van der Waals surface area contributed by atoms with Gasteiger partial charge in [0, 0.05) is 6.42 Å². The number of thioether (sulfide) groups is 1. The lowest BCUT2D eigenvalue weighted by molar-refractivity contribution is -0.113. The zero-order chi connectivity index (χ0) is 22.2. The molecular formula is C21H25N5O4S. The standard InChI is InChI=1S/C21H25N5O4S/c1-4-30-16-8-6-5-7-15(16)23-20(27)13-31-21-25-24-19(26(21)22)12-14-9-10-17(28-2)18(11-14)29-3/h5-11H,4,12-13,22H2,1-3H3,(H,23,27). The molecule has 0 aliphatic heterocycles. The van der Waals surface area contributed by atoms with Gasteiger partial charge in [-0.15, -0.1) is 10.2 Å². The fourth-order valence-electron chi connectivity index (χ4n) is 2.87. The number of hydrogen-bond acceptors (Lipinski definition) is 8. The molecule has 9 nitrogen and oxygen atoms in total. The first kappa shape index (κ1) is 22.3. The number of hydrogen-bond donors (Lipinski definition) is 2. The van der Waals surface area contributed by atoms with Gasteiger partial charge in [0.15, 0.2) is 17.3 Å². The Bertz CT molecular complexity index is 1040. The van der Waals surface area contributed by atoms with E-state index in [-0.39, 0.29) is 11.7 Å². The quantitative estimate of drug-likeness (QED) is 0.363. The van der Waals surface area contributed by atoms with Crippen molar-refractivity contribution in [3.63, 3.8) is 0 Å². The van der Waals surface area contributed by atoms with Crippen LogP contribution in [0.2, 0.25) is 0 Å². The molecule has 164 valence electrons. The molecule has 0 aliphatic rings. The number of anilines is 1. The van der Waals surface area contributed by atoms with Crippen LogP contribution in [0.5, 0.6) is 17.2 Å². The minimum atomic E-state index is -0.193. The highest BCUT2D eigenvalue weighted by molar-refractivity contribution is 7.99. The summed E-state index contributed by atoms with van der Waals surface area (Å²) in [7, 11) is 3.17. The van der Waals surface area contributed by atoms with E-state index in [2.05, 4.69) is 15.5 Å². The summed E-state index contributed by atoms with van der Waals surface area (Å²) in [6, 6.07) is 12.9. The number of nitrogens with zero attached hydrogens (tertiary/aromatic N) is 3. The van der Waals surface area contributed by atoms with Crippen LogP contribution >= 0.6 is 11.8 Å². The summed E-state index contributed by atoms with van der Waals surface area (Å²) in [5.41, 5.74) is 1.57. The first-order chi connectivity index (χ1) is 15.0. The topological polar surface area (TPSA) is 114 Å². The second kappa shape index (κ2) is 10.6. The summed E-state index contributed by atoms with van der Waals surface area (Å²) in [6.45, 7) is 2.41. The molecule has 0 saturated carbocycles. The molecule has 0 fully saturated rings. The lowest BCUT2D eigenvalue weighted by Gasteiger charge is -2.11. The second-order valence-corrected chi connectivity index (χ2v) is 7.34. The number of rotatable bonds is 10. The van der Waals surface area contributed by atoms with E-state index in [1.54, 1.807) is 20.3 Å². The number of carbonyl (C=O) groups is 1. The first-order valence-electron chi connectivity index (χ1n) is 9.60. The minimum absolute atomic E-state index is 0.131. The van der Waals surface area contributed by atoms with Crippen molar-refractivity contribution in [3.05, 3.63) is 53.9 Å². The Balaban J connectivity index is 1.61. The lowest BCUT2D eigenvalue weighted by atomic mass is 10.1. The van der Waals surface area contributed by atoms with Crippen molar-refractivity contribution in [1.82, 2.24) is 14.9 Å². The predicted molar refractivity (Wildman–Crippen MR) is 119 cm³/mol. The number of carbonyl (C=O) groups excluding carboxylic acids is 1. The SMILES string of the molecule is CCOc1ccccc1NC(=O)CSc1nnc(Cc2ccc(OC)c(OC)c2)n1N. The van der Waals surface area contributed by atoms with Crippen LogP contribution in [0.3, 0.4) is 0 Å². The van der Waals surface area contributed by atoms with Crippen molar-refractivity contribution >= 4 is 23.4 Å². The minimum Gasteiger partial charge on any atom is -0.493 e. The number of amides is 1. The molecule has 1 amide bonds. The van der Waals surface area contributed by atoms with Crippen molar-refractivity contribution in [2.24, 2.45) is 0 Å². The van der Waals surface area contributed by atoms with Gasteiger partial charge in [0.2, 0.25) is 11.1 Å². The Kier molecular flexibility index (Phi) is 7.60. The number of nitrogen functional groups attached to an aromatic ring is 1. The van der Waals surface area contributed by atoms with Crippen molar-refractivity contribution in [1.29, 1.82) is 0 Å². The van der Waals surface area contributed by atoms with Gasteiger partial charge in [-0.05, 0) is 36.8 Å². The summed E-state index contributed by atoms with van der Waals surface area (Å²) in [6.07, 6.45) is 0.457. The summed E-state index contributed by atoms with van der Waals surface area (Å²) in [5.74, 6) is 8.55. The lowest BCUT2D eigenvalue weighted by Crippen LogP contribution is -2.17. The largest absolute Gasteiger partial charge is 0.493 e. The van der Waals surface area contributed by atoms with Crippen LogP contribution in [-0.4, -0.2) is 47.4 Å². The number of nitrogens with one attached hydrogen (secondary N) is 1. The molecule has 1 heterocycles. The molecule has 3 N–H and O–H groups in total. The maximum atomic E-state index is 12.4. The Hall–Kier alpha value is -3.40. The number of ether oxygens (including phenoxy) is 3. The normalized spacial score (nSPS) is 10.5. The highest BCUT2D eigenvalue weighted by Crippen LogP contribution is 2.28. The molecule has 1 aromatic heterocycles. The first-order valence-corrected chi connectivity index (χ1v) is 10.6. The van der Waals surface area contributed by atoms with Gasteiger partial charge >= 0.3 is 0 Å². The third-order valence-electron chi connectivity index (χ3n) is 4.34. The summed E-state index contributed by atoms with van der Waals surface area (Å²) >= 11 is 1.21. The number of nitrogens with two attached hydrogens (primary N) is 1. The van der Waals surface area contributed by atoms with Gasteiger partial charge in [0.1, 0.15) is 5.75 Å². The molecule has 0 spiro atoms. The van der Waals surface area contributed by atoms with Gasteiger partial charge in [-0.25, -0.2) is 4.68 Å². The third kappa shape index (κ3) is 5.60. The molecular weight excluding hydrogens is 418 g/mol. The van der Waals surface area contributed by atoms with E-state index in [9.17, 15) is 4.79 Å². The zero-order valence-corrected chi connectivity index (χ0v) is 18.4. The highest BCUT2D eigenvalue weighted by Gasteiger charge is 2.15. The van der Waals surface area contributed by atoms with E-state index < -0.39 is 0 Å². The molecule has 0 saturated heterocycles. The van der Waals surface area contributed by atoms with Gasteiger partial charge in [0.25, 0.3) is 0 Å². The summed E-state index contributed by atoms with van der Waals surface area (Å²) < 4.78 is 17.5. The average Bonchev–Trinajstić information content (AvgIpc) is 3.13. The van der Waals surface area contributed by atoms with E-state index in [1.807, 2.05) is 43.3 Å². The van der Waals surface area contributed by atoms with E-state index in [4.69, 9.17) is 20.1 Å². The van der Waals surface area contributed by atoms with Crippen LogP contribution in [0.1, 0.15) is 18.3 Å². The molecule has 0 radical (unpaired) electrons. The van der Waals surface area contributed by atoms with Gasteiger partial charge in [-0.1, -0.05) is 30.0 Å². The number of benzene rings is 2. The number of para-hydroxylation sites is 2. The molecule has 2 aromatic carbocycles. The van der Waals surface area contributed by atoms with E-state index >= 15 is 0 Å². The molecule has 0 aliphatic carbocycles. The van der Waals surface area contributed by atoms with Crippen LogP contribution in [0.25, 0.3) is 0 Å². The van der Waals surface area contributed by atoms with E-state index in [0.29, 0.717) is 46.9 Å². The Labute approximate surface area is 184 Å². The van der Waals surface area contributed by atoms with Crippen LogP contribution in [0.4, 0.5) is 5.69 Å². The zero-order valence-electron chi connectivity index (χ0n) is 17.6. The smallest absolute Gasteiger partial charge is 0.234 e. The van der Waals surface area contributed by atoms with Crippen molar-refractivity contribution in [2.45, 2.75) is 18.5 Å². The monoisotopic (exact) mass is 443 g/mol. The van der Waals surface area contributed by atoms with Crippen LogP contribution in [0, 0.1) is 0 Å². The molecule has 3 rings (SSSR count). The molecule has 0 bridgehead atoms. The van der Waals surface area contributed by atoms with Crippen molar-refractivity contribution < 1.29 is 19.0 Å². The van der Waals surface area contributed by atoms with Gasteiger partial charge in [-0.3, -0.25) is 4.79 Å². The highest BCUT2D eigenvalue weighted by atomic mass is 32.2.